The molecule has 0 N–H and O–H groups in total. The molecule has 11 rings (SSSR count). The van der Waals surface area contributed by atoms with E-state index in [9.17, 15) is 0 Å². The van der Waals surface area contributed by atoms with Crippen LogP contribution in [0.5, 0.6) is 0 Å². The van der Waals surface area contributed by atoms with Gasteiger partial charge in [-0.05, 0) is 129 Å². The van der Waals surface area contributed by atoms with Gasteiger partial charge in [-0.3, -0.25) is 0 Å². The van der Waals surface area contributed by atoms with Crippen molar-refractivity contribution < 1.29 is 0 Å². The maximum absolute atomic E-state index is 3.76. The Kier molecular flexibility index (Phi) is 7.36. The minimum absolute atomic E-state index is 1.06. The molecule has 0 saturated carbocycles. The molecule has 0 fully saturated rings. The van der Waals surface area contributed by atoms with Crippen molar-refractivity contribution in [3.8, 4) is 44.8 Å². The summed E-state index contributed by atoms with van der Waals surface area (Å²) in [6, 6.07) is 73.0. The molecule has 0 aliphatic rings. The fourth-order valence-corrected chi connectivity index (χ4v) is 9.12. The molecule has 11 aromatic rings. The van der Waals surface area contributed by atoms with Gasteiger partial charge in [0.2, 0.25) is 0 Å². The van der Waals surface area contributed by atoms with Crippen molar-refractivity contribution in [3.63, 3.8) is 0 Å². The van der Waals surface area contributed by atoms with Crippen LogP contribution in [0.15, 0.2) is 205 Å². The van der Waals surface area contributed by atoms with E-state index in [0.29, 0.717) is 0 Å². The molecule has 9 aromatic carbocycles. The summed E-state index contributed by atoms with van der Waals surface area (Å²) < 4.78 is 5.87. The molecule has 55 heavy (non-hydrogen) atoms. The van der Waals surface area contributed by atoms with Gasteiger partial charge in [0, 0.05) is 37.4 Å². The van der Waals surface area contributed by atoms with Gasteiger partial charge in [0.25, 0.3) is 0 Å². The number of rotatable bonds is 5. The van der Waals surface area contributed by atoms with Crippen LogP contribution in [0.3, 0.4) is 0 Å². The third-order valence-electron chi connectivity index (χ3n) is 11.1. The largest absolute Gasteiger partial charge is 0.309 e. The first-order chi connectivity index (χ1) is 27.2. The van der Waals surface area contributed by atoms with Crippen molar-refractivity contribution in [1.29, 1.82) is 0 Å². The summed E-state index contributed by atoms with van der Waals surface area (Å²) in [5.74, 6) is 0. The average molecular weight is 766 g/mol. The van der Waals surface area contributed by atoms with Gasteiger partial charge < -0.3 is 9.13 Å². The van der Waals surface area contributed by atoms with Crippen LogP contribution < -0.4 is 0 Å². The monoisotopic (exact) mass is 764 g/mol. The number of hydrogen-bond donors (Lipinski definition) is 0. The normalized spacial score (nSPS) is 11.7. The molecule has 2 aromatic heterocycles. The molecule has 0 aliphatic carbocycles. The molecule has 0 unspecified atom stereocenters. The molecule has 0 bridgehead atoms. The maximum Gasteiger partial charge on any atom is 0.0553 e. The highest BCUT2D eigenvalue weighted by Gasteiger charge is 2.19. The molecular weight excluding hydrogens is 732 g/mol. The highest BCUT2D eigenvalue weighted by molar-refractivity contribution is 9.10. The van der Waals surface area contributed by atoms with E-state index in [1.807, 2.05) is 0 Å². The Labute approximate surface area is 327 Å². The van der Waals surface area contributed by atoms with E-state index < -0.39 is 0 Å². The lowest BCUT2D eigenvalue weighted by molar-refractivity contribution is 1.18. The van der Waals surface area contributed by atoms with Gasteiger partial charge in [0.15, 0.2) is 0 Å². The number of hydrogen-bond acceptors (Lipinski definition) is 0. The molecule has 0 atom stereocenters. The molecule has 0 radical (unpaired) electrons. The zero-order valence-corrected chi connectivity index (χ0v) is 31.4. The number of para-hydroxylation sites is 4. The van der Waals surface area contributed by atoms with E-state index in [2.05, 4.69) is 225 Å². The Balaban J connectivity index is 1.20. The quantitative estimate of drug-likeness (QED) is 0.165. The second-order valence-electron chi connectivity index (χ2n) is 14.3. The lowest BCUT2D eigenvalue weighted by Crippen LogP contribution is -1.94. The fraction of sp³-hybridized carbons (Fsp3) is 0. The Morgan fingerprint density at radius 1 is 0.291 bits per heavy atom. The summed E-state index contributed by atoms with van der Waals surface area (Å²) in [6.45, 7) is 0. The number of aromatic nitrogens is 2. The SMILES string of the molecule is Brc1cccc(-c2cc(-c3ccc4c(c3)c3ccccc3n4-c3ccccc3)cc(-c3cc4c(c5ccccc35)c3ccccc3n4-c3ccccc3)c2)c1. The predicted molar refractivity (Wildman–Crippen MR) is 237 cm³/mol. The third kappa shape index (κ3) is 5.15. The van der Waals surface area contributed by atoms with Gasteiger partial charge in [0.05, 0.1) is 22.1 Å². The Morgan fingerprint density at radius 2 is 0.818 bits per heavy atom. The second-order valence-corrected chi connectivity index (χ2v) is 15.2. The second kappa shape index (κ2) is 12.7. The van der Waals surface area contributed by atoms with Gasteiger partial charge in [0.1, 0.15) is 0 Å². The molecule has 0 amide bonds. The first-order valence-electron chi connectivity index (χ1n) is 18.7. The summed E-state index contributed by atoms with van der Waals surface area (Å²) >= 11 is 3.76. The summed E-state index contributed by atoms with van der Waals surface area (Å²) in [7, 11) is 0. The number of halogens is 1. The Bertz CT molecular complexity index is 3260. The average Bonchev–Trinajstić information content (AvgIpc) is 3.76. The molecule has 0 saturated heterocycles. The van der Waals surface area contributed by atoms with Crippen molar-refractivity contribution in [1.82, 2.24) is 9.13 Å². The van der Waals surface area contributed by atoms with Gasteiger partial charge in [-0.15, -0.1) is 0 Å². The standard InChI is InChI=1S/C52H33BrN2/c53-39-15-13-14-34(31-39)36-28-37(35-26-27-50-47(32-35)43-21-9-11-24-48(43)54(50)40-16-3-1-4-17-40)30-38(29-36)46-33-51-52(44-22-8-7-20-42(44)46)45-23-10-12-25-49(45)55(51)41-18-5-2-6-19-41/h1-33H. The van der Waals surface area contributed by atoms with E-state index in [1.165, 1.54) is 87.8 Å². The first kappa shape index (κ1) is 31.8. The van der Waals surface area contributed by atoms with Crippen LogP contribution in [0.2, 0.25) is 0 Å². The van der Waals surface area contributed by atoms with Crippen LogP contribution in [0, 0.1) is 0 Å². The van der Waals surface area contributed by atoms with Crippen molar-refractivity contribution in [2.24, 2.45) is 0 Å². The van der Waals surface area contributed by atoms with E-state index in [-0.39, 0.29) is 0 Å². The summed E-state index contributed by atoms with van der Waals surface area (Å²) in [5, 5.41) is 7.52. The first-order valence-corrected chi connectivity index (χ1v) is 19.5. The highest BCUT2D eigenvalue weighted by atomic mass is 79.9. The van der Waals surface area contributed by atoms with Gasteiger partial charge in [-0.1, -0.05) is 131 Å². The summed E-state index contributed by atoms with van der Waals surface area (Å²) in [6.07, 6.45) is 0. The molecular formula is C52H33BrN2. The number of fused-ring (bicyclic) bond motifs is 8. The minimum atomic E-state index is 1.06. The van der Waals surface area contributed by atoms with E-state index in [1.54, 1.807) is 0 Å². The molecule has 3 heteroatoms. The molecule has 2 nitrogen and oxygen atoms in total. The van der Waals surface area contributed by atoms with Gasteiger partial charge >= 0.3 is 0 Å². The van der Waals surface area contributed by atoms with Gasteiger partial charge in [-0.2, -0.15) is 0 Å². The zero-order chi connectivity index (χ0) is 36.5. The van der Waals surface area contributed by atoms with Crippen LogP contribution in [0.1, 0.15) is 0 Å². The third-order valence-corrected chi connectivity index (χ3v) is 11.6. The van der Waals surface area contributed by atoms with Crippen molar-refractivity contribution >= 4 is 70.3 Å². The minimum Gasteiger partial charge on any atom is -0.309 e. The fourth-order valence-electron chi connectivity index (χ4n) is 8.72. The van der Waals surface area contributed by atoms with Crippen molar-refractivity contribution in [2.75, 3.05) is 0 Å². The molecule has 0 spiro atoms. The van der Waals surface area contributed by atoms with Crippen LogP contribution in [-0.2, 0) is 0 Å². The Morgan fingerprint density at radius 3 is 1.51 bits per heavy atom. The summed E-state index contributed by atoms with van der Waals surface area (Å²) in [4.78, 5) is 0. The topological polar surface area (TPSA) is 9.86 Å². The molecule has 0 aliphatic heterocycles. The number of benzene rings is 9. The summed E-state index contributed by atoms with van der Waals surface area (Å²) in [5.41, 5.74) is 14.2. The number of nitrogens with zero attached hydrogens (tertiary/aromatic N) is 2. The predicted octanol–water partition coefficient (Wildman–Crippen LogP) is 14.8. The van der Waals surface area contributed by atoms with Crippen LogP contribution >= 0.6 is 15.9 Å². The van der Waals surface area contributed by atoms with E-state index in [0.717, 1.165) is 15.8 Å². The van der Waals surface area contributed by atoms with Crippen molar-refractivity contribution in [2.45, 2.75) is 0 Å². The lowest BCUT2D eigenvalue weighted by Gasteiger charge is -2.15. The molecule has 2 heterocycles. The van der Waals surface area contributed by atoms with E-state index in [4.69, 9.17) is 0 Å². The zero-order valence-electron chi connectivity index (χ0n) is 29.8. The van der Waals surface area contributed by atoms with Crippen molar-refractivity contribution in [3.05, 3.63) is 205 Å². The van der Waals surface area contributed by atoms with Crippen LogP contribution in [0.4, 0.5) is 0 Å². The van der Waals surface area contributed by atoms with E-state index >= 15 is 0 Å². The van der Waals surface area contributed by atoms with Gasteiger partial charge in [-0.25, -0.2) is 0 Å². The molecule has 258 valence electrons. The smallest absolute Gasteiger partial charge is 0.0553 e. The highest BCUT2D eigenvalue weighted by Crippen LogP contribution is 2.44. The Hall–Kier alpha value is -6.68. The lowest BCUT2D eigenvalue weighted by atomic mass is 9.90. The van der Waals surface area contributed by atoms with Crippen LogP contribution in [-0.4, -0.2) is 9.13 Å². The van der Waals surface area contributed by atoms with Crippen LogP contribution in [0.25, 0.3) is 99.1 Å². The maximum atomic E-state index is 3.76.